The van der Waals surface area contributed by atoms with Crippen molar-refractivity contribution in [2.75, 3.05) is 36.0 Å². The molecule has 3 aliphatic rings. The lowest BCUT2D eigenvalue weighted by Gasteiger charge is -2.33. The molecule has 2 aromatic heterocycles. The zero-order chi connectivity index (χ0) is 28.9. The molecular formula is C28H34F3N7O3. The Hall–Kier alpha value is -3.45. The van der Waals surface area contributed by atoms with Crippen LogP contribution in [0.15, 0.2) is 29.0 Å². The molecule has 3 fully saturated rings. The highest BCUT2D eigenvalue weighted by atomic mass is 19.2. The summed E-state index contributed by atoms with van der Waals surface area (Å²) in [5.74, 6) is -1.92. The van der Waals surface area contributed by atoms with Crippen molar-refractivity contribution in [1.29, 1.82) is 0 Å². The van der Waals surface area contributed by atoms with Crippen LogP contribution in [0.25, 0.3) is 0 Å². The number of nitrogens with zero attached hydrogens (tertiary/aromatic N) is 6. The quantitative estimate of drug-likeness (QED) is 0.387. The number of anilines is 2. The summed E-state index contributed by atoms with van der Waals surface area (Å²) in [6.07, 6.45) is 6.78. The van der Waals surface area contributed by atoms with Gasteiger partial charge in [0.05, 0.1) is 18.5 Å². The standard InChI is InChI=1S/C28H34F3N7O3/c1-15(16-5-7-37(8-6-16)27-35-25(36-41-27)28(2,39)17-3-4-17)40-18-11-33-26(34-12-18)38-13-20(24(32)14-38)19-9-22(30)23(31)10-21(19)29/h9-12,15-17,20,24,39H,3-8,13-14,32H2,1-2H3/t15-,20+,24-,28+/m0/s1. The summed E-state index contributed by atoms with van der Waals surface area (Å²) < 4.78 is 53.1. The van der Waals surface area contributed by atoms with E-state index in [4.69, 9.17) is 15.0 Å². The number of benzene rings is 1. The van der Waals surface area contributed by atoms with Crippen molar-refractivity contribution < 1.29 is 27.5 Å². The topological polar surface area (TPSA) is 127 Å². The van der Waals surface area contributed by atoms with Crippen molar-refractivity contribution in [1.82, 2.24) is 20.1 Å². The Balaban J connectivity index is 1.02. The largest absolute Gasteiger partial charge is 0.487 e. The molecule has 0 bridgehead atoms. The molecule has 41 heavy (non-hydrogen) atoms. The number of hydrogen-bond acceptors (Lipinski definition) is 10. The van der Waals surface area contributed by atoms with E-state index in [9.17, 15) is 18.3 Å². The van der Waals surface area contributed by atoms with Gasteiger partial charge in [0.15, 0.2) is 17.4 Å². The Morgan fingerprint density at radius 2 is 1.71 bits per heavy atom. The first-order valence-corrected chi connectivity index (χ1v) is 14.0. The lowest BCUT2D eigenvalue weighted by molar-refractivity contribution is 0.0218. The number of ether oxygens (including phenoxy) is 1. The van der Waals surface area contributed by atoms with Gasteiger partial charge in [0, 0.05) is 44.2 Å². The minimum absolute atomic E-state index is 0.0448. The Kier molecular flexibility index (Phi) is 7.26. The van der Waals surface area contributed by atoms with Crippen molar-refractivity contribution in [3.05, 3.63) is 53.4 Å². The fourth-order valence-electron chi connectivity index (χ4n) is 5.93. The van der Waals surface area contributed by atoms with Crippen LogP contribution in [0, 0.1) is 29.3 Å². The van der Waals surface area contributed by atoms with E-state index in [1.807, 2.05) is 11.8 Å². The molecule has 13 heteroatoms. The van der Waals surface area contributed by atoms with Crippen LogP contribution < -0.4 is 20.3 Å². The first-order chi connectivity index (χ1) is 19.6. The van der Waals surface area contributed by atoms with Crippen molar-refractivity contribution in [2.45, 2.75) is 63.2 Å². The second kappa shape index (κ2) is 10.8. The third-order valence-electron chi connectivity index (χ3n) is 8.74. The van der Waals surface area contributed by atoms with Gasteiger partial charge in [-0.15, -0.1) is 0 Å². The summed E-state index contributed by atoms with van der Waals surface area (Å²) in [6.45, 7) is 5.85. The molecular weight excluding hydrogens is 539 g/mol. The molecule has 2 aliphatic heterocycles. The number of nitrogens with two attached hydrogens (primary N) is 1. The monoisotopic (exact) mass is 573 g/mol. The molecule has 0 radical (unpaired) electrons. The van der Waals surface area contributed by atoms with Gasteiger partial charge in [-0.25, -0.2) is 23.1 Å². The van der Waals surface area contributed by atoms with Crippen LogP contribution in [0.4, 0.5) is 25.1 Å². The van der Waals surface area contributed by atoms with E-state index >= 15 is 0 Å². The van der Waals surface area contributed by atoms with Crippen molar-refractivity contribution in [2.24, 2.45) is 17.6 Å². The highest BCUT2D eigenvalue weighted by Crippen LogP contribution is 2.44. The van der Waals surface area contributed by atoms with E-state index in [1.165, 1.54) is 0 Å². The van der Waals surface area contributed by atoms with Crippen LogP contribution in [0.5, 0.6) is 5.75 Å². The molecule has 2 saturated heterocycles. The predicted molar refractivity (Wildman–Crippen MR) is 143 cm³/mol. The van der Waals surface area contributed by atoms with E-state index in [2.05, 4.69) is 20.1 Å². The number of rotatable bonds is 8. The van der Waals surface area contributed by atoms with Crippen LogP contribution in [-0.4, -0.2) is 63.5 Å². The van der Waals surface area contributed by atoms with Crippen molar-refractivity contribution in [3.63, 3.8) is 0 Å². The maximum absolute atomic E-state index is 14.3. The molecule has 3 N–H and O–H groups in total. The number of halogens is 3. The van der Waals surface area contributed by atoms with Gasteiger partial charge in [0.2, 0.25) is 11.8 Å². The molecule has 1 aliphatic carbocycles. The Morgan fingerprint density at radius 3 is 2.39 bits per heavy atom. The molecule has 6 rings (SSSR count). The number of hydrogen-bond donors (Lipinski definition) is 2. The van der Waals surface area contributed by atoms with Crippen LogP contribution in [-0.2, 0) is 5.60 Å². The van der Waals surface area contributed by atoms with E-state index in [1.54, 1.807) is 24.2 Å². The lowest BCUT2D eigenvalue weighted by Crippen LogP contribution is -2.39. The zero-order valence-electron chi connectivity index (χ0n) is 23.0. The van der Waals surface area contributed by atoms with Crippen molar-refractivity contribution >= 4 is 12.0 Å². The summed E-state index contributed by atoms with van der Waals surface area (Å²) in [7, 11) is 0. The Morgan fingerprint density at radius 1 is 1.02 bits per heavy atom. The SMILES string of the molecule is C[C@H](Oc1cnc(N2C[C@H](c3cc(F)c(F)cc3F)[C@@H](N)C2)nc1)C1CCN(c2nc([C@](C)(O)C3CC3)no2)CC1. The van der Waals surface area contributed by atoms with Crippen LogP contribution in [0.3, 0.4) is 0 Å². The molecule has 0 amide bonds. The second-order valence-electron chi connectivity index (χ2n) is 11.7. The first-order valence-electron chi connectivity index (χ1n) is 14.0. The average molecular weight is 574 g/mol. The maximum Gasteiger partial charge on any atom is 0.324 e. The fraction of sp³-hybridized carbons (Fsp3) is 0.571. The predicted octanol–water partition coefficient (Wildman–Crippen LogP) is 3.51. The molecule has 0 unspecified atom stereocenters. The zero-order valence-corrected chi connectivity index (χ0v) is 23.0. The van der Waals surface area contributed by atoms with Crippen LogP contribution in [0.2, 0.25) is 0 Å². The minimum Gasteiger partial charge on any atom is -0.487 e. The highest BCUT2D eigenvalue weighted by molar-refractivity contribution is 5.39. The van der Waals surface area contributed by atoms with Gasteiger partial charge in [-0.05, 0) is 63.0 Å². The number of aromatic nitrogens is 4. The number of aliphatic hydroxyl groups is 1. The van der Waals surface area contributed by atoms with Crippen molar-refractivity contribution in [3.8, 4) is 5.75 Å². The van der Waals surface area contributed by atoms with Crippen LogP contribution >= 0.6 is 0 Å². The highest BCUT2D eigenvalue weighted by Gasteiger charge is 2.45. The second-order valence-corrected chi connectivity index (χ2v) is 11.7. The third-order valence-corrected chi connectivity index (χ3v) is 8.74. The van der Waals surface area contributed by atoms with Gasteiger partial charge in [0.25, 0.3) is 0 Å². The maximum atomic E-state index is 14.3. The van der Waals surface area contributed by atoms with Crippen LogP contribution in [0.1, 0.15) is 56.8 Å². The summed E-state index contributed by atoms with van der Waals surface area (Å²) in [5.41, 5.74) is 5.21. The van der Waals surface area contributed by atoms with E-state index < -0.39 is 35.0 Å². The van der Waals surface area contributed by atoms with Gasteiger partial charge in [-0.3, -0.25) is 0 Å². The fourth-order valence-corrected chi connectivity index (χ4v) is 5.93. The van der Waals surface area contributed by atoms with Gasteiger partial charge < -0.3 is 29.9 Å². The molecule has 10 nitrogen and oxygen atoms in total. The lowest BCUT2D eigenvalue weighted by atomic mass is 9.92. The first kappa shape index (κ1) is 27.7. The molecule has 4 heterocycles. The summed E-state index contributed by atoms with van der Waals surface area (Å²) in [5, 5.41) is 14.7. The summed E-state index contributed by atoms with van der Waals surface area (Å²) in [4.78, 5) is 17.1. The molecule has 3 aromatic rings. The Bertz CT molecular complexity index is 1380. The van der Waals surface area contributed by atoms with Gasteiger partial charge in [-0.1, -0.05) is 5.16 Å². The van der Waals surface area contributed by atoms with E-state index in [-0.39, 0.29) is 24.1 Å². The molecule has 0 spiro atoms. The van der Waals surface area contributed by atoms with E-state index in [0.717, 1.165) is 44.8 Å². The average Bonchev–Trinajstić information content (AvgIpc) is 3.58. The normalized spacial score (nSPS) is 24.0. The summed E-state index contributed by atoms with van der Waals surface area (Å²) in [6, 6.07) is 1.37. The van der Waals surface area contributed by atoms with Gasteiger partial charge >= 0.3 is 6.01 Å². The number of piperidine rings is 1. The molecule has 1 aromatic carbocycles. The molecule has 1 saturated carbocycles. The minimum atomic E-state index is -1.23. The van der Waals surface area contributed by atoms with Gasteiger partial charge in [0.1, 0.15) is 11.4 Å². The molecule has 4 atom stereocenters. The van der Waals surface area contributed by atoms with E-state index in [0.29, 0.717) is 42.1 Å². The molecule has 220 valence electrons. The van der Waals surface area contributed by atoms with Gasteiger partial charge in [-0.2, -0.15) is 4.98 Å². The summed E-state index contributed by atoms with van der Waals surface area (Å²) >= 11 is 0. The smallest absolute Gasteiger partial charge is 0.324 e. The third kappa shape index (κ3) is 5.56. The Labute approximate surface area is 235 Å².